The molecule has 100 valence electrons. The first-order valence-electron chi connectivity index (χ1n) is 6.16. The summed E-state index contributed by atoms with van der Waals surface area (Å²) in [5.41, 5.74) is 3.27. The van der Waals surface area contributed by atoms with Crippen LogP contribution in [0.25, 0.3) is 11.3 Å². The van der Waals surface area contributed by atoms with Gasteiger partial charge in [0.15, 0.2) is 0 Å². The normalized spacial score (nSPS) is 10.7. The molecule has 0 atom stereocenters. The molecule has 0 amide bonds. The second-order valence-corrected chi connectivity index (χ2v) is 6.67. The van der Waals surface area contributed by atoms with Gasteiger partial charge in [0, 0.05) is 26.9 Å². The first-order valence-corrected chi connectivity index (χ1v) is 8.21. The van der Waals surface area contributed by atoms with Gasteiger partial charge in [0.25, 0.3) is 0 Å². The Morgan fingerprint density at radius 2 is 1.80 bits per heavy atom. The van der Waals surface area contributed by atoms with Gasteiger partial charge in [0.2, 0.25) is 0 Å². The van der Waals surface area contributed by atoms with Gasteiger partial charge in [0.05, 0.1) is 10.7 Å². The van der Waals surface area contributed by atoms with E-state index in [1.54, 1.807) is 11.3 Å². The van der Waals surface area contributed by atoms with E-state index in [9.17, 15) is 0 Å². The molecule has 0 saturated carbocycles. The number of hydrogen-bond acceptors (Lipinski definition) is 2. The van der Waals surface area contributed by atoms with E-state index in [4.69, 9.17) is 16.6 Å². The summed E-state index contributed by atoms with van der Waals surface area (Å²) >= 11 is 11.3. The molecule has 2 aromatic carbocycles. The van der Waals surface area contributed by atoms with Crippen LogP contribution in [0, 0.1) is 0 Å². The quantitative estimate of drug-likeness (QED) is 0.571. The third kappa shape index (κ3) is 3.11. The standard InChI is InChI=1S/C16H11BrClNS/c17-13-7-5-11(6-8-13)15-10-20-16(19-15)9-12-3-1-2-4-14(12)18/h1-8,10H,9H2. The monoisotopic (exact) mass is 363 g/mol. The highest BCUT2D eigenvalue weighted by atomic mass is 79.9. The van der Waals surface area contributed by atoms with Gasteiger partial charge in [-0.3, -0.25) is 0 Å². The number of halogens is 2. The van der Waals surface area contributed by atoms with Crippen LogP contribution in [0.15, 0.2) is 58.4 Å². The Balaban J connectivity index is 1.84. The van der Waals surface area contributed by atoms with Crippen molar-refractivity contribution in [2.45, 2.75) is 6.42 Å². The number of hydrogen-bond donors (Lipinski definition) is 0. The maximum atomic E-state index is 6.19. The van der Waals surface area contributed by atoms with Gasteiger partial charge >= 0.3 is 0 Å². The Morgan fingerprint density at radius 3 is 2.55 bits per heavy atom. The number of rotatable bonds is 3. The van der Waals surface area contributed by atoms with Crippen LogP contribution < -0.4 is 0 Å². The Bertz CT molecular complexity index is 721. The summed E-state index contributed by atoms with van der Waals surface area (Å²) in [5, 5.41) is 3.97. The lowest BCUT2D eigenvalue weighted by Crippen LogP contribution is -1.88. The molecule has 1 aromatic heterocycles. The predicted molar refractivity (Wildman–Crippen MR) is 89.5 cm³/mol. The van der Waals surface area contributed by atoms with Crippen molar-refractivity contribution in [2.24, 2.45) is 0 Å². The summed E-state index contributed by atoms with van der Waals surface area (Å²) in [4.78, 5) is 4.69. The van der Waals surface area contributed by atoms with Gasteiger partial charge in [-0.25, -0.2) is 4.98 Å². The SMILES string of the molecule is Clc1ccccc1Cc1nc(-c2ccc(Br)cc2)cs1. The molecular weight excluding hydrogens is 354 g/mol. The van der Waals surface area contributed by atoms with Crippen molar-refractivity contribution in [2.75, 3.05) is 0 Å². The second kappa shape index (κ2) is 6.08. The Morgan fingerprint density at radius 1 is 1.05 bits per heavy atom. The number of aromatic nitrogens is 1. The largest absolute Gasteiger partial charge is 0.241 e. The van der Waals surface area contributed by atoms with E-state index in [2.05, 4.69) is 33.4 Å². The molecule has 3 rings (SSSR count). The fraction of sp³-hybridized carbons (Fsp3) is 0.0625. The van der Waals surface area contributed by atoms with Gasteiger partial charge in [0.1, 0.15) is 0 Å². The van der Waals surface area contributed by atoms with Crippen molar-refractivity contribution < 1.29 is 0 Å². The molecule has 3 aromatic rings. The highest BCUT2D eigenvalue weighted by Gasteiger charge is 2.07. The molecule has 0 spiro atoms. The molecule has 1 heterocycles. The average molecular weight is 365 g/mol. The topological polar surface area (TPSA) is 12.9 Å². The highest BCUT2D eigenvalue weighted by molar-refractivity contribution is 9.10. The smallest absolute Gasteiger partial charge is 0.0977 e. The van der Waals surface area contributed by atoms with E-state index in [1.165, 1.54) is 0 Å². The first kappa shape index (κ1) is 13.8. The van der Waals surface area contributed by atoms with Crippen LogP contribution in [0.5, 0.6) is 0 Å². The van der Waals surface area contributed by atoms with Crippen LogP contribution in [-0.4, -0.2) is 4.98 Å². The molecule has 0 N–H and O–H groups in total. The van der Waals surface area contributed by atoms with Crippen molar-refractivity contribution in [3.05, 3.63) is 74.0 Å². The van der Waals surface area contributed by atoms with Gasteiger partial charge in [-0.15, -0.1) is 11.3 Å². The number of thiazole rings is 1. The van der Waals surface area contributed by atoms with Crippen molar-refractivity contribution in [3.63, 3.8) is 0 Å². The van der Waals surface area contributed by atoms with E-state index in [1.807, 2.05) is 36.4 Å². The Kier molecular flexibility index (Phi) is 4.20. The summed E-state index contributed by atoms with van der Waals surface area (Å²) in [7, 11) is 0. The van der Waals surface area contributed by atoms with Gasteiger partial charge < -0.3 is 0 Å². The summed E-state index contributed by atoms with van der Waals surface area (Å²) < 4.78 is 1.08. The second-order valence-electron chi connectivity index (χ2n) is 4.40. The van der Waals surface area contributed by atoms with Gasteiger partial charge in [-0.05, 0) is 23.8 Å². The molecule has 0 saturated heterocycles. The molecule has 20 heavy (non-hydrogen) atoms. The lowest BCUT2D eigenvalue weighted by Gasteiger charge is -2.00. The minimum absolute atomic E-state index is 0.779. The molecule has 0 bridgehead atoms. The molecular formula is C16H11BrClNS. The summed E-state index contributed by atoms with van der Waals surface area (Å²) in [5.74, 6) is 0. The number of benzene rings is 2. The summed E-state index contributed by atoms with van der Waals surface area (Å²) in [6.45, 7) is 0. The van der Waals surface area contributed by atoms with Crippen LogP contribution >= 0.6 is 38.9 Å². The van der Waals surface area contributed by atoms with Crippen molar-refractivity contribution >= 4 is 38.9 Å². The maximum Gasteiger partial charge on any atom is 0.0977 e. The summed E-state index contributed by atoms with van der Waals surface area (Å²) in [6.07, 6.45) is 0.779. The van der Waals surface area contributed by atoms with E-state index < -0.39 is 0 Å². The highest BCUT2D eigenvalue weighted by Crippen LogP contribution is 2.26. The maximum absolute atomic E-state index is 6.19. The minimum Gasteiger partial charge on any atom is -0.241 e. The first-order chi connectivity index (χ1) is 9.72. The van der Waals surface area contributed by atoms with Crippen LogP contribution in [0.4, 0.5) is 0 Å². The fourth-order valence-corrected chi connectivity index (χ4v) is 3.24. The van der Waals surface area contributed by atoms with Gasteiger partial charge in [-0.1, -0.05) is 57.9 Å². The Hall–Kier alpha value is -1.16. The van der Waals surface area contributed by atoms with Crippen LogP contribution in [0.2, 0.25) is 5.02 Å². The van der Waals surface area contributed by atoms with Crippen molar-refractivity contribution in [1.82, 2.24) is 4.98 Å². The molecule has 4 heteroatoms. The van der Waals surface area contributed by atoms with E-state index >= 15 is 0 Å². The zero-order valence-electron chi connectivity index (χ0n) is 10.5. The van der Waals surface area contributed by atoms with Crippen molar-refractivity contribution in [3.8, 4) is 11.3 Å². The van der Waals surface area contributed by atoms with E-state index in [0.717, 1.165) is 37.7 Å². The van der Waals surface area contributed by atoms with E-state index in [-0.39, 0.29) is 0 Å². The molecule has 0 aliphatic heterocycles. The molecule has 0 aliphatic rings. The van der Waals surface area contributed by atoms with Crippen LogP contribution in [0.1, 0.15) is 10.6 Å². The molecule has 0 radical (unpaired) electrons. The lowest BCUT2D eigenvalue weighted by atomic mass is 10.1. The molecule has 0 aliphatic carbocycles. The zero-order chi connectivity index (χ0) is 13.9. The zero-order valence-corrected chi connectivity index (χ0v) is 13.7. The third-order valence-electron chi connectivity index (χ3n) is 2.99. The lowest BCUT2D eigenvalue weighted by molar-refractivity contribution is 1.14. The predicted octanol–water partition coefficient (Wildman–Crippen LogP) is 5.82. The van der Waals surface area contributed by atoms with Gasteiger partial charge in [-0.2, -0.15) is 0 Å². The van der Waals surface area contributed by atoms with Crippen LogP contribution in [0.3, 0.4) is 0 Å². The van der Waals surface area contributed by atoms with Crippen LogP contribution in [-0.2, 0) is 6.42 Å². The fourth-order valence-electron chi connectivity index (χ4n) is 1.95. The average Bonchev–Trinajstić information content (AvgIpc) is 2.91. The van der Waals surface area contributed by atoms with E-state index in [0.29, 0.717) is 0 Å². The Labute approximate surface area is 135 Å². The molecule has 0 unspecified atom stereocenters. The molecule has 1 nitrogen and oxygen atoms in total. The third-order valence-corrected chi connectivity index (χ3v) is 4.74. The minimum atomic E-state index is 0.779. The number of nitrogens with zero attached hydrogens (tertiary/aromatic N) is 1. The molecule has 0 fully saturated rings. The van der Waals surface area contributed by atoms with Crippen molar-refractivity contribution in [1.29, 1.82) is 0 Å². The summed E-state index contributed by atoms with van der Waals surface area (Å²) in [6, 6.07) is 16.1.